The van der Waals surface area contributed by atoms with Crippen LogP contribution in [-0.4, -0.2) is 24.7 Å². The molecule has 0 fully saturated rings. The molecule has 23 heavy (non-hydrogen) atoms. The zero-order chi connectivity index (χ0) is 16.9. The Morgan fingerprint density at radius 3 is 2.91 bits per heavy atom. The second-order valence-electron chi connectivity index (χ2n) is 5.19. The van der Waals surface area contributed by atoms with Gasteiger partial charge in [-0.25, -0.2) is 0 Å². The summed E-state index contributed by atoms with van der Waals surface area (Å²) in [6, 6.07) is 8.46. The molecule has 0 saturated heterocycles. The van der Waals surface area contributed by atoms with Crippen LogP contribution in [0, 0.1) is 0 Å². The van der Waals surface area contributed by atoms with Crippen molar-refractivity contribution in [2.45, 2.75) is 12.5 Å². The van der Waals surface area contributed by atoms with E-state index in [-0.39, 0.29) is 12.5 Å². The number of nitrogens with one attached hydrogen (secondary N) is 1. The maximum Gasteiger partial charge on any atom is 0.244 e. The molecule has 1 heterocycles. The standard InChI is InChI=1S/C17H18ClNO4/c1-17(21,15-4-3-9-23-15)11-19-16(20)8-5-12-10-13(18)6-7-14(12)22-2/h3-10,21H,11H2,1-2H3,(H,19,20). The van der Waals surface area contributed by atoms with E-state index >= 15 is 0 Å². The number of halogens is 1. The van der Waals surface area contributed by atoms with Crippen LogP contribution >= 0.6 is 11.6 Å². The number of amides is 1. The first kappa shape index (κ1) is 17.1. The summed E-state index contributed by atoms with van der Waals surface area (Å²) in [4.78, 5) is 11.9. The van der Waals surface area contributed by atoms with Crippen LogP contribution in [0.3, 0.4) is 0 Å². The summed E-state index contributed by atoms with van der Waals surface area (Å²) in [5, 5.41) is 13.4. The van der Waals surface area contributed by atoms with Crippen molar-refractivity contribution in [1.82, 2.24) is 5.32 Å². The number of hydrogen-bond acceptors (Lipinski definition) is 4. The second kappa shape index (κ2) is 7.35. The summed E-state index contributed by atoms with van der Waals surface area (Å²) in [6.07, 6.45) is 4.42. The van der Waals surface area contributed by atoms with Crippen LogP contribution in [0.5, 0.6) is 5.75 Å². The Hall–Kier alpha value is -2.24. The zero-order valence-electron chi connectivity index (χ0n) is 12.9. The van der Waals surface area contributed by atoms with Gasteiger partial charge in [-0.05, 0) is 43.3 Å². The van der Waals surface area contributed by atoms with Crippen molar-refractivity contribution in [1.29, 1.82) is 0 Å². The van der Waals surface area contributed by atoms with Crippen LogP contribution in [0.2, 0.25) is 5.02 Å². The minimum atomic E-state index is -1.28. The quantitative estimate of drug-likeness (QED) is 0.796. The molecule has 122 valence electrons. The SMILES string of the molecule is COc1ccc(Cl)cc1C=CC(=O)NCC(C)(O)c1ccco1. The fourth-order valence-corrected chi connectivity index (χ4v) is 2.17. The summed E-state index contributed by atoms with van der Waals surface area (Å²) in [5.41, 5.74) is -0.589. The Bertz CT molecular complexity index is 693. The van der Waals surface area contributed by atoms with E-state index in [2.05, 4.69) is 5.32 Å². The van der Waals surface area contributed by atoms with E-state index in [0.717, 1.165) is 0 Å². The van der Waals surface area contributed by atoms with Crippen LogP contribution < -0.4 is 10.1 Å². The lowest BCUT2D eigenvalue weighted by atomic mass is 10.0. The van der Waals surface area contributed by atoms with Gasteiger partial charge in [-0.15, -0.1) is 0 Å². The van der Waals surface area contributed by atoms with Gasteiger partial charge in [-0.2, -0.15) is 0 Å². The van der Waals surface area contributed by atoms with E-state index < -0.39 is 5.60 Å². The molecule has 1 unspecified atom stereocenters. The van der Waals surface area contributed by atoms with E-state index in [1.54, 1.807) is 50.4 Å². The molecule has 2 aromatic rings. The number of carbonyl (C=O) groups is 1. The van der Waals surface area contributed by atoms with E-state index in [0.29, 0.717) is 22.1 Å². The molecule has 2 rings (SSSR count). The van der Waals surface area contributed by atoms with E-state index in [1.165, 1.54) is 12.3 Å². The number of methoxy groups -OCH3 is 1. The van der Waals surface area contributed by atoms with Crippen LogP contribution in [-0.2, 0) is 10.4 Å². The lowest BCUT2D eigenvalue weighted by Gasteiger charge is -2.20. The van der Waals surface area contributed by atoms with Gasteiger partial charge in [0.15, 0.2) is 0 Å². The number of ether oxygens (including phenoxy) is 1. The molecular weight excluding hydrogens is 318 g/mol. The molecule has 1 aromatic carbocycles. The largest absolute Gasteiger partial charge is 0.496 e. The Labute approximate surface area is 139 Å². The van der Waals surface area contributed by atoms with Crippen molar-refractivity contribution in [2.75, 3.05) is 13.7 Å². The van der Waals surface area contributed by atoms with Crippen LogP contribution in [0.15, 0.2) is 47.1 Å². The Kier molecular flexibility index (Phi) is 5.47. The lowest BCUT2D eigenvalue weighted by Crippen LogP contribution is -2.37. The number of furan rings is 1. The monoisotopic (exact) mass is 335 g/mol. The average molecular weight is 336 g/mol. The third-order valence-corrected chi connectivity index (χ3v) is 3.50. The molecule has 5 nitrogen and oxygen atoms in total. The fourth-order valence-electron chi connectivity index (χ4n) is 1.99. The molecule has 6 heteroatoms. The van der Waals surface area contributed by atoms with Crippen LogP contribution in [0.25, 0.3) is 6.08 Å². The Balaban J connectivity index is 1.98. The fraction of sp³-hybridized carbons (Fsp3) is 0.235. The van der Waals surface area contributed by atoms with Gasteiger partial charge in [0.05, 0.1) is 19.9 Å². The lowest BCUT2D eigenvalue weighted by molar-refractivity contribution is -0.117. The highest BCUT2D eigenvalue weighted by Gasteiger charge is 2.26. The number of aliphatic hydroxyl groups is 1. The molecule has 0 bridgehead atoms. The summed E-state index contributed by atoms with van der Waals surface area (Å²) in [6.45, 7) is 1.59. The van der Waals surface area contributed by atoms with Gasteiger partial charge in [0, 0.05) is 16.7 Å². The molecule has 0 spiro atoms. The summed E-state index contributed by atoms with van der Waals surface area (Å²) < 4.78 is 10.4. The first-order valence-corrected chi connectivity index (χ1v) is 7.36. The summed E-state index contributed by atoms with van der Waals surface area (Å²) in [5.74, 6) is 0.651. The molecule has 0 radical (unpaired) electrons. The molecular formula is C17H18ClNO4. The van der Waals surface area contributed by atoms with Crippen molar-refractivity contribution in [3.05, 3.63) is 59.0 Å². The first-order chi connectivity index (χ1) is 10.9. The smallest absolute Gasteiger partial charge is 0.244 e. The predicted molar refractivity (Wildman–Crippen MR) is 88.3 cm³/mol. The second-order valence-corrected chi connectivity index (χ2v) is 5.63. The van der Waals surface area contributed by atoms with Gasteiger partial charge < -0.3 is 19.6 Å². The summed E-state index contributed by atoms with van der Waals surface area (Å²) in [7, 11) is 1.54. The minimum absolute atomic E-state index is 0.0242. The molecule has 1 amide bonds. The first-order valence-electron chi connectivity index (χ1n) is 6.98. The van der Waals surface area contributed by atoms with Gasteiger partial charge in [0.1, 0.15) is 17.1 Å². The van der Waals surface area contributed by atoms with Gasteiger partial charge >= 0.3 is 0 Å². The number of benzene rings is 1. The van der Waals surface area contributed by atoms with Crippen molar-refractivity contribution >= 4 is 23.6 Å². The maximum atomic E-state index is 11.9. The zero-order valence-corrected chi connectivity index (χ0v) is 13.6. The average Bonchev–Trinajstić information content (AvgIpc) is 3.06. The molecule has 0 aliphatic carbocycles. The number of hydrogen-bond donors (Lipinski definition) is 2. The molecule has 2 N–H and O–H groups in total. The Morgan fingerprint density at radius 2 is 2.26 bits per heavy atom. The highest BCUT2D eigenvalue weighted by atomic mass is 35.5. The highest BCUT2D eigenvalue weighted by molar-refractivity contribution is 6.30. The topological polar surface area (TPSA) is 71.7 Å². The molecule has 1 aromatic heterocycles. The molecule has 1 atom stereocenters. The molecule has 0 aliphatic rings. The molecule has 0 aliphatic heterocycles. The third-order valence-electron chi connectivity index (χ3n) is 3.26. The van der Waals surface area contributed by atoms with E-state index in [9.17, 15) is 9.90 Å². The normalized spacial score (nSPS) is 13.7. The maximum absolute atomic E-state index is 11.9. The number of rotatable bonds is 6. The Morgan fingerprint density at radius 1 is 1.48 bits per heavy atom. The van der Waals surface area contributed by atoms with Crippen molar-refractivity contribution in [3.63, 3.8) is 0 Å². The van der Waals surface area contributed by atoms with Crippen molar-refractivity contribution in [2.24, 2.45) is 0 Å². The third kappa shape index (κ3) is 4.61. The highest BCUT2D eigenvalue weighted by Crippen LogP contribution is 2.24. The van der Waals surface area contributed by atoms with Gasteiger partial charge in [-0.3, -0.25) is 4.79 Å². The van der Waals surface area contributed by atoms with E-state index in [4.69, 9.17) is 20.8 Å². The van der Waals surface area contributed by atoms with Crippen LogP contribution in [0.4, 0.5) is 0 Å². The van der Waals surface area contributed by atoms with Gasteiger partial charge in [-0.1, -0.05) is 11.6 Å². The van der Waals surface area contributed by atoms with Gasteiger partial charge in [0.2, 0.25) is 5.91 Å². The number of carbonyl (C=O) groups excluding carboxylic acids is 1. The minimum Gasteiger partial charge on any atom is -0.496 e. The van der Waals surface area contributed by atoms with Crippen molar-refractivity contribution < 1.29 is 19.1 Å². The molecule has 0 saturated carbocycles. The summed E-state index contributed by atoms with van der Waals surface area (Å²) >= 11 is 5.93. The van der Waals surface area contributed by atoms with Gasteiger partial charge in [0.25, 0.3) is 0 Å². The van der Waals surface area contributed by atoms with E-state index in [1.807, 2.05) is 0 Å². The van der Waals surface area contributed by atoms with Crippen molar-refractivity contribution in [3.8, 4) is 5.75 Å². The van der Waals surface area contributed by atoms with Crippen LogP contribution in [0.1, 0.15) is 18.2 Å². The predicted octanol–water partition coefficient (Wildman–Crippen LogP) is 2.98.